The van der Waals surface area contributed by atoms with Crippen LogP contribution in [0.1, 0.15) is 35.8 Å². The first-order chi connectivity index (χ1) is 13.6. The van der Waals surface area contributed by atoms with E-state index < -0.39 is 0 Å². The molecule has 5 atom stereocenters. The van der Waals surface area contributed by atoms with Crippen molar-refractivity contribution in [2.75, 3.05) is 0 Å². The molecule has 0 saturated heterocycles. The van der Waals surface area contributed by atoms with E-state index >= 15 is 0 Å². The molecule has 2 fully saturated rings. The zero-order chi connectivity index (χ0) is 19.0. The van der Waals surface area contributed by atoms with Crippen LogP contribution >= 0.6 is 46.3 Å². The van der Waals surface area contributed by atoms with E-state index in [9.17, 15) is 4.79 Å². The van der Waals surface area contributed by atoms with Gasteiger partial charge < -0.3 is 9.40 Å². The molecule has 3 nitrogen and oxygen atoms in total. The van der Waals surface area contributed by atoms with E-state index in [1.807, 2.05) is 23.9 Å². The molecule has 7 heteroatoms. The van der Waals surface area contributed by atoms with E-state index in [1.165, 1.54) is 30.6 Å². The van der Waals surface area contributed by atoms with Crippen LogP contribution in [0.15, 0.2) is 44.6 Å². The van der Waals surface area contributed by atoms with Crippen molar-refractivity contribution in [2.45, 2.75) is 35.5 Å². The number of nitrogens with one attached hydrogen (secondary N) is 1. The molecule has 0 amide bonds. The topological polar surface area (TPSA) is 46.0 Å². The van der Waals surface area contributed by atoms with E-state index in [2.05, 4.69) is 11.1 Å². The Hall–Kier alpha value is -1.14. The third kappa shape index (κ3) is 2.59. The molecular formula is C21H17Cl2NO2S2. The maximum atomic E-state index is 12.1. The number of aromatic nitrogens is 1. The molecule has 0 spiro atoms. The van der Waals surface area contributed by atoms with Gasteiger partial charge in [0.1, 0.15) is 11.5 Å². The van der Waals surface area contributed by atoms with Crippen molar-refractivity contribution in [1.29, 1.82) is 0 Å². The van der Waals surface area contributed by atoms with Crippen molar-refractivity contribution in [1.82, 2.24) is 4.98 Å². The summed E-state index contributed by atoms with van der Waals surface area (Å²) in [6.07, 6.45) is 3.92. The first kappa shape index (κ1) is 17.7. The standard InChI is InChI=1S/C21H17Cl2NO2S2/c22-11-3-4-13(23)12(8-11)14-5-6-15(26-14)17-16-9-1-2-10(7-9)18(16)27-20-19(17)28-21(25)24-20/h3-6,8-10,16-18H,1-2,7H2,(H,24,25)/t9-,10-,16+,17+,18-/m0/s1. The molecule has 0 unspecified atom stereocenters. The number of hydrogen-bond donors (Lipinski definition) is 1. The van der Waals surface area contributed by atoms with Gasteiger partial charge in [-0.3, -0.25) is 4.79 Å². The quantitative estimate of drug-likeness (QED) is 0.475. The van der Waals surface area contributed by atoms with Gasteiger partial charge in [-0.05, 0) is 67.3 Å². The van der Waals surface area contributed by atoms with Gasteiger partial charge in [0.25, 0.3) is 0 Å². The molecule has 2 saturated carbocycles. The third-order valence-corrected chi connectivity index (χ3v) is 9.78. The number of furan rings is 1. The fraction of sp³-hybridized carbons (Fsp3) is 0.381. The largest absolute Gasteiger partial charge is 0.460 e. The number of benzene rings is 1. The van der Waals surface area contributed by atoms with Crippen molar-refractivity contribution < 1.29 is 4.42 Å². The number of rotatable bonds is 2. The van der Waals surface area contributed by atoms with Crippen LogP contribution in [0.5, 0.6) is 0 Å². The lowest BCUT2D eigenvalue weighted by molar-refractivity contribution is 0.285. The predicted octanol–water partition coefficient (Wildman–Crippen LogP) is 6.66. The van der Waals surface area contributed by atoms with Gasteiger partial charge in [-0.25, -0.2) is 0 Å². The highest BCUT2D eigenvalue weighted by atomic mass is 35.5. The van der Waals surface area contributed by atoms with Gasteiger partial charge in [-0.15, -0.1) is 11.8 Å². The fourth-order valence-corrected chi connectivity index (χ4v) is 8.78. The van der Waals surface area contributed by atoms with Gasteiger partial charge in [0, 0.05) is 15.8 Å². The molecule has 2 bridgehead atoms. The maximum absolute atomic E-state index is 12.1. The van der Waals surface area contributed by atoms with Crippen LogP contribution < -0.4 is 4.87 Å². The Morgan fingerprint density at radius 1 is 1.11 bits per heavy atom. The van der Waals surface area contributed by atoms with Crippen LogP contribution in [0.25, 0.3) is 11.3 Å². The summed E-state index contributed by atoms with van der Waals surface area (Å²) in [6, 6.07) is 9.44. The Balaban J connectivity index is 1.47. The van der Waals surface area contributed by atoms with Crippen LogP contribution in [0.2, 0.25) is 10.0 Å². The molecule has 1 N–H and O–H groups in total. The third-order valence-electron chi connectivity index (χ3n) is 6.59. The molecule has 1 aliphatic heterocycles. The van der Waals surface area contributed by atoms with Crippen molar-refractivity contribution in [2.24, 2.45) is 17.8 Å². The average Bonchev–Trinajstić information content (AvgIpc) is 3.44. The lowest BCUT2D eigenvalue weighted by atomic mass is 9.77. The smallest absolute Gasteiger partial charge is 0.305 e. The van der Waals surface area contributed by atoms with Gasteiger partial charge >= 0.3 is 4.87 Å². The zero-order valence-electron chi connectivity index (χ0n) is 14.8. The monoisotopic (exact) mass is 449 g/mol. The summed E-state index contributed by atoms with van der Waals surface area (Å²) in [5, 5.41) is 2.87. The van der Waals surface area contributed by atoms with E-state index in [1.54, 1.807) is 12.1 Å². The van der Waals surface area contributed by atoms with Gasteiger partial charge in [0.05, 0.1) is 20.8 Å². The molecule has 2 aliphatic carbocycles. The van der Waals surface area contributed by atoms with E-state index in [0.29, 0.717) is 21.2 Å². The second-order valence-corrected chi connectivity index (χ2v) is 11.1. The Bertz CT molecular complexity index is 1130. The molecule has 1 aromatic carbocycles. The number of aromatic amines is 1. The molecule has 2 aromatic heterocycles. The maximum Gasteiger partial charge on any atom is 0.305 e. The predicted molar refractivity (Wildman–Crippen MR) is 115 cm³/mol. The number of halogens is 2. The molecule has 6 rings (SSSR count). The van der Waals surface area contributed by atoms with Gasteiger partial charge in [-0.1, -0.05) is 34.5 Å². The molecule has 3 aromatic rings. The summed E-state index contributed by atoms with van der Waals surface area (Å²) < 4.78 is 6.37. The minimum atomic E-state index is 0.0273. The molecule has 3 aliphatic rings. The number of thiazole rings is 1. The highest BCUT2D eigenvalue weighted by Gasteiger charge is 2.55. The Labute approximate surface area is 180 Å². The SMILES string of the molecule is O=c1[nH]c2c(s1)[C@H](c1ccc(-c3cc(Cl)ccc3Cl)o1)[C@H]1[C@H]3CC[C@@H](C3)[C@@H]1S2. The number of thioether (sulfide) groups is 1. The van der Waals surface area contributed by atoms with Gasteiger partial charge in [0.15, 0.2) is 0 Å². The van der Waals surface area contributed by atoms with Crippen LogP contribution in [-0.2, 0) is 0 Å². The van der Waals surface area contributed by atoms with E-state index in [0.717, 1.165) is 38.8 Å². The molecule has 144 valence electrons. The number of hydrogen-bond acceptors (Lipinski definition) is 4. The lowest BCUT2D eigenvalue weighted by Gasteiger charge is -2.38. The second kappa shape index (κ2) is 6.43. The molecular weight excluding hydrogens is 433 g/mol. The minimum absolute atomic E-state index is 0.0273. The van der Waals surface area contributed by atoms with Crippen LogP contribution in [0.4, 0.5) is 0 Å². The first-order valence-electron chi connectivity index (χ1n) is 9.53. The van der Waals surface area contributed by atoms with Crippen LogP contribution in [0, 0.1) is 17.8 Å². The van der Waals surface area contributed by atoms with Crippen molar-refractivity contribution >= 4 is 46.3 Å². The second-order valence-electron chi connectivity index (χ2n) is 8.00. The summed E-state index contributed by atoms with van der Waals surface area (Å²) in [5.41, 5.74) is 0.803. The molecule has 0 radical (unpaired) electrons. The average molecular weight is 450 g/mol. The summed E-state index contributed by atoms with van der Waals surface area (Å²) in [5.74, 6) is 3.83. The number of fused-ring (bicyclic) bond motifs is 6. The minimum Gasteiger partial charge on any atom is -0.460 e. The van der Waals surface area contributed by atoms with Gasteiger partial charge in [0.2, 0.25) is 0 Å². The zero-order valence-corrected chi connectivity index (χ0v) is 17.9. The van der Waals surface area contributed by atoms with Crippen LogP contribution in [0.3, 0.4) is 0 Å². The summed E-state index contributed by atoms with van der Waals surface area (Å²) in [6.45, 7) is 0. The molecule has 3 heterocycles. The van der Waals surface area contributed by atoms with Crippen LogP contribution in [-0.4, -0.2) is 10.2 Å². The van der Waals surface area contributed by atoms with E-state index in [-0.39, 0.29) is 10.8 Å². The lowest BCUT2D eigenvalue weighted by Crippen LogP contribution is -2.33. The summed E-state index contributed by atoms with van der Waals surface area (Å²) in [7, 11) is 0. The van der Waals surface area contributed by atoms with Gasteiger partial charge in [-0.2, -0.15) is 0 Å². The van der Waals surface area contributed by atoms with E-state index in [4.69, 9.17) is 27.6 Å². The Kier molecular flexibility index (Phi) is 4.06. The van der Waals surface area contributed by atoms with Crippen molar-refractivity contribution in [3.05, 3.63) is 60.7 Å². The molecule has 28 heavy (non-hydrogen) atoms. The highest BCUT2D eigenvalue weighted by Crippen LogP contribution is 2.63. The van der Waals surface area contributed by atoms with Crippen molar-refractivity contribution in [3.8, 4) is 11.3 Å². The highest BCUT2D eigenvalue weighted by molar-refractivity contribution is 8.00. The summed E-state index contributed by atoms with van der Waals surface area (Å²) in [4.78, 5) is 16.4. The summed E-state index contributed by atoms with van der Waals surface area (Å²) >= 11 is 15.8. The normalized spacial score (nSPS) is 30.4. The number of H-pyrrole nitrogens is 1. The fourth-order valence-electron chi connectivity index (χ4n) is 5.52. The van der Waals surface area contributed by atoms with Crippen molar-refractivity contribution in [3.63, 3.8) is 0 Å². The Morgan fingerprint density at radius 2 is 1.96 bits per heavy atom. The first-order valence-corrected chi connectivity index (χ1v) is 12.0. The Morgan fingerprint density at radius 3 is 2.86 bits per heavy atom.